The number of sulfonamides is 1. The normalized spacial score (nSPS) is 11.3. The fourth-order valence-electron chi connectivity index (χ4n) is 2.02. The molecule has 0 radical (unpaired) electrons. The van der Waals surface area contributed by atoms with Crippen molar-refractivity contribution in [3.05, 3.63) is 53.6 Å². The highest BCUT2D eigenvalue weighted by Crippen LogP contribution is 2.28. The van der Waals surface area contributed by atoms with E-state index < -0.39 is 16.0 Å². The molecule has 0 aliphatic rings. The number of carbonyl (C=O) groups is 1. The van der Waals surface area contributed by atoms with E-state index in [1.165, 1.54) is 18.2 Å². The van der Waals surface area contributed by atoms with Gasteiger partial charge in [0.25, 0.3) is 0 Å². The Hall–Kier alpha value is -2.18. The van der Waals surface area contributed by atoms with Crippen LogP contribution in [0, 0.1) is 6.92 Å². The molecule has 0 saturated heterocycles. The van der Waals surface area contributed by atoms with Crippen molar-refractivity contribution in [2.75, 3.05) is 0 Å². The van der Waals surface area contributed by atoms with Crippen LogP contribution in [0.2, 0.25) is 0 Å². The summed E-state index contributed by atoms with van der Waals surface area (Å²) in [5, 5.41) is 14.3. The van der Waals surface area contributed by atoms with Gasteiger partial charge >= 0.3 is 5.97 Å². The molecule has 2 aromatic rings. The predicted octanol–water partition coefficient (Wildman–Crippen LogP) is 2.01. The summed E-state index contributed by atoms with van der Waals surface area (Å²) < 4.78 is 22.6. The summed E-state index contributed by atoms with van der Waals surface area (Å²) in [6.45, 7) is 1.71. The number of aromatic carboxylic acids is 1. The summed E-state index contributed by atoms with van der Waals surface area (Å²) in [6.07, 6.45) is 0. The van der Waals surface area contributed by atoms with Gasteiger partial charge in [0.15, 0.2) is 0 Å². The Bertz CT molecular complexity index is 782. The lowest BCUT2D eigenvalue weighted by Crippen LogP contribution is -2.12. The van der Waals surface area contributed by atoms with E-state index >= 15 is 0 Å². The molecule has 0 saturated carbocycles. The smallest absolute Gasteiger partial charge is 0.336 e. The second-order valence-corrected chi connectivity index (χ2v) is 5.93. The number of carboxylic acid groups (broad SMARTS) is 1. The lowest BCUT2D eigenvalue weighted by molar-refractivity contribution is 0.0697. The van der Waals surface area contributed by atoms with Crippen LogP contribution in [0.1, 0.15) is 15.9 Å². The molecule has 20 heavy (non-hydrogen) atoms. The van der Waals surface area contributed by atoms with Gasteiger partial charge < -0.3 is 5.11 Å². The molecule has 5 nitrogen and oxygen atoms in total. The second-order valence-electron chi connectivity index (χ2n) is 4.37. The fourth-order valence-corrected chi connectivity index (χ4v) is 2.62. The van der Waals surface area contributed by atoms with Gasteiger partial charge in [-0.2, -0.15) is 0 Å². The number of benzene rings is 2. The van der Waals surface area contributed by atoms with Crippen LogP contribution >= 0.6 is 0 Å². The number of aryl methyl sites for hydroxylation is 1. The fraction of sp³-hybridized carbons (Fsp3) is 0.0714. The Morgan fingerprint density at radius 3 is 2.30 bits per heavy atom. The van der Waals surface area contributed by atoms with Crippen LogP contribution in [0.5, 0.6) is 0 Å². The van der Waals surface area contributed by atoms with Crippen LogP contribution in [0.4, 0.5) is 0 Å². The molecule has 0 amide bonds. The molecule has 0 aliphatic carbocycles. The van der Waals surface area contributed by atoms with Gasteiger partial charge in [0, 0.05) is 0 Å². The zero-order valence-corrected chi connectivity index (χ0v) is 11.5. The molecule has 0 heterocycles. The van der Waals surface area contributed by atoms with Gasteiger partial charge in [-0.1, -0.05) is 24.3 Å². The minimum atomic E-state index is -3.77. The van der Waals surface area contributed by atoms with Crippen molar-refractivity contribution >= 4 is 16.0 Å². The molecule has 3 N–H and O–H groups in total. The number of rotatable bonds is 3. The molecule has 0 fully saturated rings. The molecule has 0 atom stereocenters. The second kappa shape index (κ2) is 5.07. The number of carboxylic acids is 1. The van der Waals surface area contributed by atoms with E-state index in [1.807, 2.05) is 0 Å². The lowest BCUT2D eigenvalue weighted by Gasteiger charge is -2.10. The van der Waals surface area contributed by atoms with E-state index in [-0.39, 0.29) is 10.5 Å². The molecular weight excluding hydrogens is 278 g/mol. The molecule has 0 unspecified atom stereocenters. The minimum absolute atomic E-state index is 0.00607. The summed E-state index contributed by atoms with van der Waals surface area (Å²) in [7, 11) is -3.77. The third-order valence-electron chi connectivity index (χ3n) is 2.97. The third-order valence-corrected chi connectivity index (χ3v) is 3.89. The van der Waals surface area contributed by atoms with Crippen molar-refractivity contribution in [2.24, 2.45) is 5.14 Å². The Labute approximate surface area is 116 Å². The maximum atomic E-state index is 11.3. The standard InChI is InChI=1S/C14H13NO4S/c1-9-8-10(20(15,18)19)6-7-11(9)12-4-2-3-5-13(12)14(16)17/h2-8H,1H3,(H,16,17)(H2,15,18,19). The predicted molar refractivity (Wildman–Crippen MR) is 74.9 cm³/mol. The van der Waals surface area contributed by atoms with Crippen molar-refractivity contribution in [3.63, 3.8) is 0 Å². The van der Waals surface area contributed by atoms with Crippen LogP contribution in [-0.4, -0.2) is 19.5 Å². The minimum Gasteiger partial charge on any atom is -0.478 e. The van der Waals surface area contributed by atoms with Gasteiger partial charge in [-0.25, -0.2) is 18.4 Å². The largest absolute Gasteiger partial charge is 0.478 e. The zero-order valence-electron chi connectivity index (χ0n) is 10.7. The van der Waals surface area contributed by atoms with Gasteiger partial charge in [-0.3, -0.25) is 0 Å². The molecule has 6 heteroatoms. The zero-order chi connectivity index (χ0) is 14.9. The number of hydrogen-bond donors (Lipinski definition) is 2. The maximum Gasteiger partial charge on any atom is 0.336 e. The van der Waals surface area contributed by atoms with Gasteiger partial charge in [-0.15, -0.1) is 0 Å². The van der Waals surface area contributed by atoms with E-state index in [0.29, 0.717) is 16.7 Å². The Balaban J connectivity index is 2.64. The SMILES string of the molecule is Cc1cc(S(N)(=O)=O)ccc1-c1ccccc1C(=O)O. The average molecular weight is 291 g/mol. The molecule has 0 bridgehead atoms. The van der Waals surface area contributed by atoms with Crippen LogP contribution in [0.25, 0.3) is 11.1 Å². The maximum absolute atomic E-state index is 11.3. The van der Waals surface area contributed by atoms with Crippen molar-refractivity contribution in [2.45, 2.75) is 11.8 Å². The average Bonchev–Trinajstić information content (AvgIpc) is 2.37. The van der Waals surface area contributed by atoms with Gasteiger partial charge in [0.1, 0.15) is 0 Å². The molecule has 0 aliphatic heterocycles. The first-order valence-electron chi connectivity index (χ1n) is 5.77. The van der Waals surface area contributed by atoms with Crippen molar-refractivity contribution in [3.8, 4) is 11.1 Å². The lowest BCUT2D eigenvalue weighted by atomic mass is 9.96. The quantitative estimate of drug-likeness (QED) is 0.903. The summed E-state index contributed by atoms with van der Waals surface area (Å²) in [6, 6.07) is 10.9. The molecular formula is C14H13NO4S. The Morgan fingerprint density at radius 1 is 1.10 bits per heavy atom. The first kappa shape index (κ1) is 14.2. The molecule has 0 spiro atoms. The van der Waals surface area contributed by atoms with Crippen LogP contribution in [-0.2, 0) is 10.0 Å². The molecule has 2 rings (SSSR count). The van der Waals surface area contributed by atoms with Crippen LogP contribution in [0.15, 0.2) is 47.4 Å². The van der Waals surface area contributed by atoms with Crippen molar-refractivity contribution in [1.82, 2.24) is 0 Å². The number of nitrogens with two attached hydrogens (primary N) is 1. The van der Waals surface area contributed by atoms with E-state index in [4.69, 9.17) is 5.14 Å². The monoisotopic (exact) mass is 291 g/mol. The first-order valence-corrected chi connectivity index (χ1v) is 7.31. The highest BCUT2D eigenvalue weighted by atomic mass is 32.2. The molecule has 0 aromatic heterocycles. The van der Waals surface area contributed by atoms with E-state index in [2.05, 4.69) is 0 Å². The summed E-state index contributed by atoms with van der Waals surface area (Å²) >= 11 is 0. The Morgan fingerprint density at radius 2 is 1.75 bits per heavy atom. The van der Waals surface area contributed by atoms with Gasteiger partial charge in [0.05, 0.1) is 10.5 Å². The molecule has 104 valence electrons. The van der Waals surface area contributed by atoms with Gasteiger partial charge in [-0.05, 0) is 41.8 Å². The van der Waals surface area contributed by atoms with Crippen LogP contribution < -0.4 is 5.14 Å². The highest BCUT2D eigenvalue weighted by molar-refractivity contribution is 7.89. The van der Waals surface area contributed by atoms with Crippen molar-refractivity contribution in [1.29, 1.82) is 0 Å². The van der Waals surface area contributed by atoms with Crippen molar-refractivity contribution < 1.29 is 18.3 Å². The third kappa shape index (κ3) is 2.71. The first-order chi connectivity index (χ1) is 9.30. The van der Waals surface area contributed by atoms with Gasteiger partial charge in [0.2, 0.25) is 10.0 Å². The summed E-state index contributed by atoms with van der Waals surface area (Å²) in [5.74, 6) is -1.03. The number of hydrogen-bond acceptors (Lipinski definition) is 3. The topological polar surface area (TPSA) is 97.5 Å². The highest BCUT2D eigenvalue weighted by Gasteiger charge is 2.15. The number of primary sulfonamides is 1. The van der Waals surface area contributed by atoms with E-state index in [9.17, 15) is 18.3 Å². The van der Waals surface area contributed by atoms with E-state index in [1.54, 1.807) is 31.2 Å². The molecule has 2 aromatic carbocycles. The Kier molecular flexibility index (Phi) is 3.61. The summed E-state index contributed by atoms with van der Waals surface area (Å²) in [5.41, 5.74) is 2.01. The van der Waals surface area contributed by atoms with Crippen LogP contribution in [0.3, 0.4) is 0 Å². The summed E-state index contributed by atoms with van der Waals surface area (Å²) in [4.78, 5) is 11.2. The van der Waals surface area contributed by atoms with E-state index in [0.717, 1.165) is 0 Å².